The maximum absolute atomic E-state index is 8.97. The average Bonchev–Trinajstić information content (AvgIpc) is 3.14. The largest absolute Gasteiger partial charge is 0.493 e. The number of anilines is 1. The van der Waals surface area contributed by atoms with Crippen LogP contribution in [0.3, 0.4) is 0 Å². The van der Waals surface area contributed by atoms with Gasteiger partial charge in [-0.05, 0) is 44.0 Å². The summed E-state index contributed by atoms with van der Waals surface area (Å²) in [7, 11) is 1.63. The maximum atomic E-state index is 8.97. The number of hydrogen-bond acceptors (Lipinski definition) is 7. The van der Waals surface area contributed by atoms with Crippen molar-refractivity contribution in [1.29, 1.82) is 0 Å². The molecule has 1 saturated heterocycles. The van der Waals surface area contributed by atoms with Gasteiger partial charge in [-0.1, -0.05) is 6.07 Å². The molecular formula is C22H29N5O3. The second-order valence-corrected chi connectivity index (χ2v) is 7.79. The van der Waals surface area contributed by atoms with Crippen LogP contribution in [0.2, 0.25) is 0 Å². The van der Waals surface area contributed by atoms with Crippen molar-refractivity contribution in [3.63, 3.8) is 0 Å². The van der Waals surface area contributed by atoms with E-state index in [2.05, 4.69) is 16.1 Å². The standard InChI is InChI=1S/C22H29N5O3/c1-15-10-22-24-18(12-21(23)27(22)25-15)17-4-3-7-26(14-17)13-16-5-6-19(30-9-8-28)20(11-16)29-2/h5-6,10-12,17,28H,3-4,7-9,13-14,23H2,1-2H3. The molecule has 0 amide bonds. The van der Waals surface area contributed by atoms with E-state index >= 15 is 0 Å². The molecule has 3 heterocycles. The van der Waals surface area contributed by atoms with Crippen LogP contribution < -0.4 is 15.2 Å². The Hall–Kier alpha value is -2.84. The van der Waals surface area contributed by atoms with Crippen molar-refractivity contribution in [3.05, 3.63) is 47.3 Å². The minimum Gasteiger partial charge on any atom is -0.493 e. The number of methoxy groups -OCH3 is 1. The Balaban J connectivity index is 1.48. The van der Waals surface area contributed by atoms with Crippen LogP contribution in [0.15, 0.2) is 30.3 Å². The summed E-state index contributed by atoms with van der Waals surface area (Å²) in [6.45, 7) is 4.98. The van der Waals surface area contributed by atoms with Crippen LogP contribution in [0, 0.1) is 6.92 Å². The molecule has 160 valence electrons. The molecule has 30 heavy (non-hydrogen) atoms. The Morgan fingerprint density at radius 1 is 1.23 bits per heavy atom. The van der Waals surface area contributed by atoms with Crippen LogP contribution in [0.4, 0.5) is 5.82 Å². The van der Waals surface area contributed by atoms with Crippen molar-refractivity contribution in [2.24, 2.45) is 0 Å². The fourth-order valence-corrected chi connectivity index (χ4v) is 4.13. The first-order valence-corrected chi connectivity index (χ1v) is 10.3. The van der Waals surface area contributed by atoms with Crippen molar-refractivity contribution in [2.45, 2.75) is 32.2 Å². The maximum Gasteiger partial charge on any atom is 0.161 e. The molecule has 0 spiro atoms. The van der Waals surface area contributed by atoms with Gasteiger partial charge in [0.05, 0.1) is 25.1 Å². The van der Waals surface area contributed by atoms with Gasteiger partial charge in [-0.3, -0.25) is 4.90 Å². The van der Waals surface area contributed by atoms with Crippen LogP contribution in [-0.4, -0.2) is 58.0 Å². The molecule has 1 aliphatic heterocycles. The van der Waals surface area contributed by atoms with E-state index in [0.29, 0.717) is 23.2 Å². The van der Waals surface area contributed by atoms with E-state index in [1.807, 2.05) is 31.2 Å². The molecule has 0 aliphatic carbocycles. The number of piperidine rings is 1. The number of fused-ring (bicyclic) bond motifs is 1. The summed E-state index contributed by atoms with van der Waals surface area (Å²) >= 11 is 0. The molecule has 3 N–H and O–H groups in total. The summed E-state index contributed by atoms with van der Waals surface area (Å²) in [6.07, 6.45) is 2.22. The van der Waals surface area contributed by atoms with Crippen molar-refractivity contribution < 1.29 is 14.6 Å². The normalized spacial score (nSPS) is 17.4. The molecule has 4 rings (SSSR count). The fourth-order valence-electron chi connectivity index (χ4n) is 4.13. The lowest BCUT2D eigenvalue weighted by atomic mass is 9.94. The molecule has 1 aliphatic rings. The van der Waals surface area contributed by atoms with Gasteiger partial charge >= 0.3 is 0 Å². The predicted molar refractivity (Wildman–Crippen MR) is 115 cm³/mol. The molecule has 1 atom stereocenters. The second kappa shape index (κ2) is 8.89. The molecule has 8 heteroatoms. The van der Waals surface area contributed by atoms with Crippen LogP contribution in [0.5, 0.6) is 11.5 Å². The zero-order chi connectivity index (χ0) is 21.1. The number of hydrogen-bond donors (Lipinski definition) is 2. The third-order valence-electron chi connectivity index (χ3n) is 5.50. The molecule has 0 radical (unpaired) electrons. The molecular weight excluding hydrogens is 382 g/mol. The van der Waals surface area contributed by atoms with E-state index in [0.717, 1.165) is 55.1 Å². The Labute approximate surface area is 176 Å². The fraction of sp³-hybridized carbons (Fsp3) is 0.455. The second-order valence-electron chi connectivity index (χ2n) is 7.79. The van der Waals surface area contributed by atoms with Gasteiger partial charge < -0.3 is 20.3 Å². The van der Waals surface area contributed by atoms with E-state index in [9.17, 15) is 0 Å². The van der Waals surface area contributed by atoms with Crippen molar-refractivity contribution in [3.8, 4) is 11.5 Å². The number of benzene rings is 1. The summed E-state index contributed by atoms with van der Waals surface area (Å²) in [5.41, 5.74) is 10.1. The number of aromatic nitrogens is 3. The first-order chi connectivity index (χ1) is 14.6. The first kappa shape index (κ1) is 20.4. The lowest BCUT2D eigenvalue weighted by Crippen LogP contribution is -2.34. The van der Waals surface area contributed by atoms with Crippen LogP contribution in [-0.2, 0) is 6.54 Å². The Morgan fingerprint density at radius 2 is 2.10 bits per heavy atom. The van der Waals surface area contributed by atoms with Gasteiger partial charge in [-0.2, -0.15) is 9.61 Å². The van der Waals surface area contributed by atoms with E-state index in [1.54, 1.807) is 11.6 Å². The number of likely N-dealkylation sites (tertiary alicyclic amines) is 1. The smallest absolute Gasteiger partial charge is 0.161 e. The molecule has 1 fully saturated rings. The molecule has 2 aromatic heterocycles. The van der Waals surface area contributed by atoms with Gasteiger partial charge in [-0.15, -0.1) is 0 Å². The molecule has 1 aromatic carbocycles. The van der Waals surface area contributed by atoms with E-state index in [-0.39, 0.29) is 13.2 Å². The zero-order valence-electron chi connectivity index (χ0n) is 17.5. The average molecular weight is 412 g/mol. The van der Waals surface area contributed by atoms with E-state index in [4.69, 9.17) is 25.3 Å². The predicted octanol–water partition coefficient (Wildman–Crippen LogP) is 2.38. The van der Waals surface area contributed by atoms with Gasteiger partial charge in [-0.25, -0.2) is 4.98 Å². The Bertz CT molecular complexity index is 1020. The summed E-state index contributed by atoms with van der Waals surface area (Å²) in [5, 5.41) is 13.4. The van der Waals surface area contributed by atoms with Gasteiger partial charge in [0.25, 0.3) is 0 Å². The number of nitrogens with two attached hydrogens (primary N) is 1. The number of nitrogens with zero attached hydrogens (tertiary/aromatic N) is 4. The zero-order valence-corrected chi connectivity index (χ0v) is 17.5. The summed E-state index contributed by atoms with van der Waals surface area (Å²) in [4.78, 5) is 7.27. The highest BCUT2D eigenvalue weighted by Gasteiger charge is 2.24. The molecule has 0 saturated carbocycles. The third-order valence-corrected chi connectivity index (χ3v) is 5.50. The highest BCUT2D eigenvalue weighted by Crippen LogP contribution is 2.31. The number of aliphatic hydroxyl groups is 1. The van der Waals surface area contributed by atoms with E-state index < -0.39 is 0 Å². The minimum absolute atomic E-state index is 0.0245. The quantitative estimate of drug-likeness (QED) is 0.616. The lowest BCUT2D eigenvalue weighted by Gasteiger charge is -2.32. The van der Waals surface area contributed by atoms with Gasteiger partial charge in [0.2, 0.25) is 0 Å². The lowest BCUT2D eigenvalue weighted by molar-refractivity contribution is 0.194. The van der Waals surface area contributed by atoms with Crippen LogP contribution in [0.1, 0.15) is 35.7 Å². The summed E-state index contributed by atoms with van der Waals surface area (Å²) in [6, 6.07) is 9.89. The molecule has 8 nitrogen and oxygen atoms in total. The van der Waals surface area contributed by atoms with Crippen LogP contribution in [0.25, 0.3) is 5.65 Å². The summed E-state index contributed by atoms with van der Waals surface area (Å²) < 4.78 is 12.7. The van der Waals surface area contributed by atoms with Crippen molar-refractivity contribution in [1.82, 2.24) is 19.5 Å². The number of aryl methyl sites for hydroxylation is 1. The van der Waals surface area contributed by atoms with Gasteiger partial charge in [0.15, 0.2) is 17.1 Å². The highest BCUT2D eigenvalue weighted by atomic mass is 16.5. The molecule has 1 unspecified atom stereocenters. The third kappa shape index (κ3) is 4.34. The highest BCUT2D eigenvalue weighted by molar-refractivity contribution is 5.49. The van der Waals surface area contributed by atoms with Crippen LogP contribution >= 0.6 is 0 Å². The Kier molecular flexibility index (Phi) is 6.06. The SMILES string of the molecule is COc1cc(CN2CCCC(c3cc(N)n4nc(C)cc4n3)C2)ccc1OCCO. The monoisotopic (exact) mass is 411 g/mol. The van der Waals surface area contributed by atoms with Crippen molar-refractivity contribution in [2.75, 3.05) is 39.1 Å². The van der Waals surface area contributed by atoms with Crippen molar-refractivity contribution >= 4 is 11.5 Å². The molecule has 3 aromatic rings. The topological polar surface area (TPSA) is 98.1 Å². The first-order valence-electron chi connectivity index (χ1n) is 10.3. The molecule has 0 bridgehead atoms. The number of aliphatic hydroxyl groups excluding tert-OH is 1. The number of nitrogen functional groups attached to an aromatic ring is 1. The Morgan fingerprint density at radius 3 is 2.90 bits per heavy atom. The minimum atomic E-state index is -0.0245. The van der Waals surface area contributed by atoms with Gasteiger partial charge in [0, 0.05) is 31.1 Å². The summed E-state index contributed by atoms with van der Waals surface area (Å²) in [5.74, 6) is 2.31. The number of rotatable bonds is 7. The van der Waals surface area contributed by atoms with E-state index in [1.165, 1.54) is 0 Å². The number of ether oxygens (including phenoxy) is 2. The van der Waals surface area contributed by atoms with Gasteiger partial charge in [0.1, 0.15) is 12.4 Å².